The third kappa shape index (κ3) is 3.11. The van der Waals surface area contributed by atoms with Gasteiger partial charge in [0.25, 0.3) is 0 Å². The molecule has 0 spiro atoms. The summed E-state index contributed by atoms with van der Waals surface area (Å²) in [5.74, 6) is -0.243. The number of para-hydroxylation sites is 1. The van der Waals surface area contributed by atoms with E-state index in [1.807, 2.05) is 0 Å². The Bertz CT molecular complexity index is 767. The van der Waals surface area contributed by atoms with Crippen LogP contribution in [0.15, 0.2) is 65.6 Å². The minimum absolute atomic E-state index is 0.243. The van der Waals surface area contributed by atoms with E-state index >= 15 is 0 Å². The lowest BCUT2D eigenvalue weighted by molar-refractivity contribution is -0.274. The molecule has 0 bridgehead atoms. The molecule has 0 radical (unpaired) electrons. The number of nitrogens with zero attached hydrogens (tertiary/aromatic N) is 1. The lowest BCUT2D eigenvalue weighted by Gasteiger charge is -2.13. The van der Waals surface area contributed by atoms with Gasteiger partial charge in [-0.25, -0.2) is 4.98 Å². The molecule has 3 aromatic rings. The van der Waals surface area contributed by atoms with Crippen molar-refractivity contribution in [3.8, 4) is 28.1 Å². The molecule has 0 unspecified atom stereocenters. The normalized spacial score (nSPS) is 11.4. The molecule has 0 aliphatic rings. The molecular formula is C16H10F3NO2. The number of alkyl halides is 3. The van der Waals surface area contributed by atoms with E-state index in [9.17, 15) is 13.2 Å². The number of hydrogen-bond donors (Lipinski definition) is 0. The second-order valence-electron chi connectivity index (χ2n) is 4.50. The first-order valence-corrected chi connectivity index (χ1v) is 6.37. The minimum atomic E-state index is -4.74. The number of benzene rings is 2. The number of halogens is 3. The Hall–Kier alpha value is -2.76. The highest BCUT2D eigenvalue weighted by molar-refractivity contribution is 5.75. The molecule has 0 atom stereocenters. The fraction of sp³-hybridized carbons (Fsp3) is 0.0625. The zero-order valence-electron chi connectivity index (χ0n) is 11.2. The summed E-state index contributed by atoms with van der Waals surface area (Å²) >= 11 is 0. The Kier molecular flexibility index (Phi) is 3.58. The van der Waals surface area contributed by atoms with Crippen molar-refractivity contribution >= 4 is 0 Å². The summed E-state index contributed by atoms with van der Waals surface area (Å²) in [5, 5.41) is 0. The molecular weight excluding hydrogens is 295 g/mol. The first-order chi connectivity index (χ1) is 10.5. The Balaban J connectivity index is 2.03. The Morgan fingerprint density at radius 1 is 0.955 bits per heavy atom. The van der Waals surface area contributed by atoms with Gasteiger partial charge in [0.15, 0.2) is 6.39 Å². The van der Waals surface area contributed by atoms with Crippen LogP contribution in [0.3, 0.4) is 0 Å². The van der Waals surface area contributed by atoms with Gasteiger partial charge in [0.2, 0.25) is 0 Å². The van der Waals surface area contributed by atoms with Gasteiger partial charge in [-0.1, -0.05) is 36.4 Å². The minimum Gasteiger partial charge on any atom is -0.451 e. The SMILES string of the molecule is FC(F)(F)Oc1ccccc1-c1cccc(-c2cocn2)c1. The van der Waals surface area contributed by atoms with Crippen molar-refractivity contribution in [2.24, 2.45) is 0 Å². The Morgan fingerprint density at radius 3 is 2.45 bits per heavy atom. The molecule has 0 saturated heterocycles. The van der Waals surface area contributed by atoms with Crippen molar-refractivity contribution < 1.29 is 22.3 Å². The van der Waals surface area contributed by atoms with Crippen molar-refractivity contribution in [2.45, 2.75) is 6.36 Å². The predicted octanol–water partition coefficient (Wildman–Crippen LogP) is 4.91. The van der Waals surface area contributed by atoms with Gasteiger partial charge in [-0.3, -0.25) is 0 Å². The van der Waals surface area contributed by atoms with E-state index < -0.39 is 6.36 Å². The summed E-state index contributed by atoms with van der Waals surface area (Å²) in [5.41, 5.74) is 2.30. The van der Waals surface area contributed by atoms with E-state index in [2.05, 4.69) is 9.72 Å². The van der Waals surface area contributed by atoms with E-state index in [0.29, 0.717) is 16.8 Å². The lowest BCUT2D eigenvalue weighted by atomic mass is 10.0. The molecule has 0 aliphatic carbocycles. The van der Waals surface area contributed by atoms with E-state index in [-0.39, 0.29) is 5.75 Å². The standard InChI is InChI=1S/C16H10F3NO2/c17-16(18,19)22-15-7-2-1-6-13(15)11-4-3-5-12(8-11)14-9-21-10-20-14/h1-10H. The van der Waals surface area contributed by atoms with Crippen molar-refractivity contribution in [1.29, 1.82) is 0 Å². The highest BCUT2D eigenvalue weighted by Crippen LogP contribution is 2.35. The smallest absolute Gasteiger partial charge is 0.451 e. The third-order valence-corrected chi connectivity index (χ3v) is 3.01. The lowest BCUT2D eigenvalue weighted by Crippen LogP contribution is -2.17. The molecule has 1 heterocycles. The molecule has 3 nitrogen and oxygen atoms in total. The Morgan fingerprint density at radius 2 is 1.73 bits per heavy atom. The molecule has 0 amide bonds. The van der Waals surface area contributed by atoms with Crippen LogP contribution < -0.4 is 4.74 Å². The second kappa shape index (κ2) is 5.55. The molecule has 0 saturated carbocycles. The monoisotopic (exact) mass is 305 g/mol. The van der Waals surface area contributed by atoms with Crippen molar-refractivity contribution in [2.75, 3.05) is 0 Å². The van der Waals surface area contributed by atoms with E-state index in [0.717, 1.165) is 5.56 Å². The second-order valence-corrected chi connectivity index (χ2v) is 4.50. The quantitative estimate of drug-likeness (QED) is 0.690. The number of aromatic nitrogens is 1. The largest absolute Gasteiger partial charge is 0.573 e. The molecule has 1 aromatic heterocycles. The summed E-state index contributed by atoms with van der Waals surface area (Å²) < 4.78 is 46.5. The molecule has 2 aromatic carbocycles. The van der Waals surface area contributed by atoms with Gasteiger partial charge >= 0.3 is 6.36 Å². The van der Waals surface area contributed by atoms with Crippen LogP contribution in [0, 0.1) is 0 Å². The van der Waals surface area contributed by atoms with Crippen LogP contribution in [0.25, 0.3) is 22.4 Å². The van der Waals surface area contributed by atoms with E-state index in [1.165, 1.54) is 24.8 Å². The maximum absolute atomic E-state index is 12.5. The molecule has 112 valence electrons. The van der Waals surface area contributed by atoms with Crippen LogP contribution in [0.4, 0.5) is 13.2 Å². The van der Waals surface area contributed by atoms with Crippen LogP contribution in [-0.4, -0.2) is 11.3 Å². The van der Waals surface area contributed by atoms with Crippen LogP contribution >= 0.6 is 0 Å². The fourth-order valence-electron chi connectivity index (χ4n) is 2.12. The molecule has 0 N–H and O–H groups in total. The number of ether oxygens (including phenoxy) is 1. The summed E-state index contributed by atoms with van der Waals surface area (Å²) in [7, 11) is 0. The predicted molar refractivity (Wildman–Crippen MR) is 74.1 cm³/mol. The van der Waals surface area contributed by atoms with Gasteiger partial charge in [0.05, 0.1) is 0 Å². The van der Waals surface area contributed by atoms with Gasteiger partial charge < -0.3 is 9.15 Å². The van der Waals surface area contributed by atoms with Gasteiger partial charge in [-0.05, 0) is 17.7 Å². The zero-order valence-corrected chi connectivity index (χ0v) is 11.2. The number of hydrogen-bond acceptors (Lipinski definition) is 3. The van der Waals surface area contributed by atoms with Gasteiger partial charge in [0, 0.05) is 11.1 Å². The highest BCUT2D eigenvalue weighted by Gasteiger charge is 2.32. The van der Waals surface area contributed by atoms with Crippen LogP contribution in [0.5, 0.6) is 5.75 Å². The summed E-state index contributed by atoms with van der Waals surface area (Å²) in [6, 6.07) is 13.0. The molecule has 0 aliphatic heterocycles. The van der Waals surface area contributed by atoms with Crippen molar-refractivity contribution in [3.05, 3.63) is 61.2 Å². The number of oxazole rings is 1. The first-order valence-electron chi connectivity index (χ1n) is 6.37. The molecule has 0 fully saturated rings. The van der Waals surface area contributed by atoms with Crippen LogP contribution in [-0.2, 0) is 0 Å². The van der Waals surface area contributed by atoms with E-state index in [1.54, 1.807) is 36.4 Å². The Labute approximate surface area is 124 Å². The van der Waals surface area contributed by atoms with Crippen molar-refractivity contribution in [3.63, 3.8) is 0 Å². The van der Waals surface area contributed by atoms with Gasteiger partial charge in [-0.2, -0.15) is 0 Å². The third-order valence-electron chi connectivity index (χ3n) is 3.01. The van der Waals surface area contributed by atoms with Gasteiger partial charge in [0.1, 0.15) is 17.7 Å². The summed E-state index contributed by atoms with van der Waals surface area (Å²) in [6.45, 7) is 0. The maximum atomic E-state index is 12.5. The molecule has 3 rings (SSSR count). The van der Waals surface area contributed by atoms with Crippen molar-refractivity contribution in [1.82, 2.24) is 4.98 Å². The average molecular weight is 305 g/mol. The van der Waals surface area contributed by atoms with Gasteiger partial charge in [-0.15, -0.1) is 13.2 Å². The topological polar surface area (TPSA) is 35.3 Å². The maximum Gasteiger partial charge on any atom is 0.573 e. The zero-order chi connectivity index (χ0) is 15.6. The first kappa shape index (κ1) is 14.2. The van der Waals surface area contributed by atoms with Crippen LogP contribution in [0.2, 0.25) is 0 Å². The molecule has 22 heavy (non-hydrogen) atoms. The van der Waals surface area contributed by atoms with E-state index in [4.69, 9.17) is 4.42 Å². The summed E-state index contributed by atoms with van der Waals surface area (Å²) in [4.78, 5) is 4.03. The number of rotatable bonds is 3. The molecule has 6 heteroatoms. The fourth-order valence-corrected chi connectivity index (χ4v) is 2.12. The summed E-state index contributed by atoms with van der Waals surface area (Å²) in [6.07, 6.45) is -1.97. The average Bonchev–Trinajstić information content (AvgIpc) is 3.00. The highest BCUT2D eigenvalue weighted by atomic mass is 19.4. The van der Waals surface area contributed by atoms with Crippen LogP contribution in [0.1, 0.15) is 0 Å².